The first kappa shape index (κ1) is 23.6. The van der Waals surface area contributed by atoms with Crippen LogP contribution in [0.25, 0.3) is 11.1 Å². The average Bonchev–Trinajstić information content (AvgIpc) is 3.04. The second-order valence-electron chi connectivity index (χ2n) is 9.36. The van der Waals surface area contributed by atoms with Crippen LogP contribution in [0.2, 0.25) is 0 Å². The van der Waals surface area contributed by atoms with E-state index in [2.05, 4.69) is 0 Å². The van der Waals surface area contributed by atoms with E-state index in [1.807, 2.05) is 32.9 Å². The van der Waals surface area contributed by atoms with Gasteiger partial charge in [-0.25, -0.2) is 0 Å². The molecular weight excluding hydrogens is 444 g/mol. The number of aromatic nitrogens is 1. The highest BCUT2D eigenvalue weighted by molar-refractivity contribution is 7.71. The second-order valence-corrected chi connectivity index (χ2v) is 9.71. The summed E-state index contributed by atoms with van der Waals surface area (Å²) in [7, 11) is 3.00. The largest absolute Gasteiger partial charge is 0.488 e. The molecule has 9 heteroatoms. The van der Waals surface area contributed by atoms with Crippen LogP contribution in [0.4, 0.5) is 5.69 Å². The summed E-state index contributed by atoms with van der Waals surface area (Å²) in [5.74, 6) is 1.20. The Morgan fingerprint density at radius 2 is 1.85 bits per heavy atom. The van der Waals surface area contributed by atoms with Gasteiger partial charge in [0.25, 0.3) is 4.84 Å². The minimum atomic E-state index is -1.25. The van der Waals surface area contributed by atoms with Gasteiger partial charge < -0.3 is 34.2 Å². The fraction of sp³-hybridized carbons (Fsp3) is 0.458. The third-order valence-electron chi connectivity index (χ3n) is 5.75. The molecule has 4 rings (SSSR count). The SMILES string of the molecule is COC(OC)[C@]1(C)Oc2ccc(N)cc2[C@@H](n2c(=S)oc3ccc(OC(C)(C)C)cc32)[C@H]1O. The minimum absolute atomic E-state index is 0.200. The highest BCUT2D eigenvalue weighted by atomic mass is 32.1. The highest BCUT2D eigenvalue weighted by Crippen LogP contribution is 2.46. The van der Waals surface area contributed by atoms with Crippen LogP contribution >= 0.6 is 12.2 Å². The van der Waals surface area contributed by atoms with Crippen LogP contribution in [-0.4, -0.2) is 47.5 Å². The van der Waals surface area contributed by atoms with Crippen molar-refractivity contribution in [3.8, 4) is 11.5 Å². The molecule has 0 amide bonds. The first-order valence-corrected chi connectivity index (χ1v) is 11.1. The number of benzene rings is 2. The van der Waals surface area contributed by atoms with Crippen molar-refractivity contribution in [1.29, 1.82) is 0 Å². The molecule has 2 heterocycles. The lowest BCUT2D eigenvalue weighted by molar-refractivity contribution is -0.238. The van der Waals surface area contributed by atoms with Gasteiger partial charge in [-0.3, -0.25) is 4.57 Å². The normalized spacial score (nSPS) is 22.9. The molecule has 0 fully saturated rings. The molecule has 3 aromatic rings. The van der Waals surface area contributed by atoms with Gasteiger partial charge in [0.05, 0.1) is 11.6 Å². The smallest absolute Gasteiger partial charge is 0.270 e. The predicted molar refractivity (Wildman–Crippen MR) is 127 cm³/mol. The Bertz CT molecular complexity index is 1230. The van der Waals surface area contributed by atoms with Crippen molar-refractivity contribution in [3.63, 3.8) is 0 Å². The molecule has 8 nitrogen and oxygen atoms in total. The number of nitrogens with zero attached hydrogens (tertiary/aromatic N) is 1. The van der Waals surface area contributed by atoms with E-state index in [9.17, 15) is 5.11 Å². The number of aliphatic hydroxyl groups is 1. The average molecular weight is 475 g/mol. The minimum Gasteiger partial charge on any atom is -0.488 e. The van der Waals surface area contributed by atoms with Gasteiger partial charge in [0, 0.05) is 31.5 Å². The lowest BCUT2D eigenvalue weighted by Crippen LogP contribution is -2.60. The standard InChI is InChI=1S/C24H30N2O6S/c1-23(2,3)31-14-8-10-18-16(12-14)26(22(33)30-18)19-15-11-13(25)7-9-17(15)32-24(4,20(19)27)21(28-5)29-6/h7-12,19-21,27H,25H2,1-6H3/t19-,20-,24-/m1/s1. The van der Waals surface area contributed by atoms with Gasteiger partial charge >= 0.3 is 0 Å². The molecule has 178 valence electrons. The Labute approximate surface area is 197 Å². The molecule has 3 atom stereocenters. The fourth-order valence-corrected chi connectivity index (χ4v) is 4.70. The topological polar surface area (TPSA) is 101 Å². The van der Waals surface area contributed by atoms with Gasteiger partial charge in [-0.05, 0) is 70.2 Å². The third kappa shape index (κ3) is 4.10. The van der Waals surface area contributed by atoms with Crippen LogP contribution < -0.4 is 15.2 Å². The zero-order valence-electron chi connectivity index (χ0n) is 19.6. The molecule has 0 bridgehead atoms. The van der Waals surface area contributed by atoms with E-state index in [0.29, 0.717) is 33.8 Å². The number of methoxy groups -OCH3 is 2. The zero-order valence-corrected chi connectivity index (χ0v) is 20.4. The summed E-state index contributed by atoms with van der Waals surface area (Å²) in [6, 6.07) is 10.1. The summed E-state index contributed by atoms with van der Waals surface area (Å²) in [6.45, 7) is 7.66. The highest BCUT2D eigenvalue weighted by Gasteiger charge is 2.53. The zero-order chi connectivity index (χ0) is 24.1. The maximum Gasteiger partial charge on any atom is 0.270 e. The molecule has 0 saturated carbocycles. The van der Waals surface area contributed by atoms with E-state index in [-0.39, 0.29) is 10.4 Å². The van der Waals surface area contributed by atoms with Gasteiger partial charge in [-0.1, -0.05) is 0 Å². The lowest BCUT2D eigenvalue weighted by atomic mass is 9.84. The number of nitrogen functional groups attached to an aromatic ring is 1. The Morgan fingerprint density at radius 3 is 2.48 bits per heavy atom. The summed E-state index contributed by atoms with van der Waals surface area (Å²) in [5, 5.41) is 11.7. The number of nitrogens with two attached hydrogens (primary N) is 1. The van der Waals surface area contributed by atoms with Gasteiger partial charge in [-0.15, -0.1) is 0 Å². The Morgan fingerprint density at radius 1 is 1.15 bits per heavy atom. The van der Waals surface area contributed by atoms with E-state index < -0.39 is 24.0 Å². The predicted octanol–water partition coefficient (Wildman–Crippen LogP) is 4.44. The molecule has 2 aromatic carbocycles. The lowest BCUT2D eigenvalue weighted by Gasteiger charge is -2.46. The van der Waals surface area contributed by atoms with Crippen molar-refractivity contribution in [2.24, 2.45) is 0 Å². The Balaban J connectivity index is 1.96. The van der Waals surface area contributed by atoms with Crippen LogP contribution in [0, 0.1) is 4.84 Å². The van der Waals surface area contributed by atoms with Gasteiger partial charge in [0.2, 0.25) is 0 Å². The molecule has 3 N–H and O–H groups in total. The first-order chi connectivity index (χ1) is 15.5. The van der Waals surface area contributed by atoms with Crippen molar-refractivity contribution in [2.75, 3.05) is 20.0 Å². The molecule has 0 radical (unpaired) electrons. The molecule has 0 aliphatic carbocycles. The van der Waals surface area contributed by atoms with E-state index in [1.54, 1.807) is 35.8 Å². The number of rotatable bonds is 5. The number of ether oxygens (including phenoxy) is 4. The van der Waals surface area contributed by atoms with E-state index in [1.165, 1.54) is 14.2 Å². The Kier molecular flexibility index (Phi) is 5.94. The number of aliphatic hydroxyl groups excluding tert-OH is 1. The molecule has 0 unspecified atom stereocenters. The number of hydrogen-bond donors (Lipinski definition) is 2. The molecule has 1 aromatic heterocycles. The van der Waals surface area contributed by atoms with Crippen molar-refractivity contribution >= 4 is 29.0 Å². The van der Waals surface area contributed by atoms with E-state index in [4.69, 9.17) is 41.3 Å². The van der Waals surface area contributed by atoms with Gasteiger partial charge in [0.15, 0.2) is 17.5 Å². The van der Waals surface area contributed by atoms with Crippen molar-refractivity contribution in [1.82, 2.24) is 4.57 Å². The monoisotopic (exact) mass is 474 g/mol. The number of anilines is 1. The summed E-state index contributed by atoms with van der Waals surface area (Å²) in [4.78, 5) is 0.200. The molecular formula is C24H30N2O6S. The molecule has 1 aliphatic rings. The quantitative estimate of drug-likeness (QED) is 0.318. The summed E-state index contributed by atoms with van der Waals surface area (Å²) >= 11 is 5.61. The molecule has 0 saturated heterocycles. The number of fused-ring (bicyclic) bond motifs is 2. The van der Waals surface area contributed by atoms with Gasteiger partial charge in [-0.2, -0.15) is 0 Å². The van der Waals surface area contributed by atoms with Crippen LogP contribution in [0.5, 0.6) is 11.5 Å². The van der Waals surface area contributed by atoms with Gasteiger partial charge in [0.1, 0.15) is 23.2 Å². The molecule has 33 heavy (non-hydrogen) atoms. The molecule has 0 spiro atoms. The van der Waals surface area contributed by atoms with Crippen LogP contribution in [0.3, 0.4) is 0 Å². The number of hydrogen-bond acceptors (Lipinski definition) is 8. The van der Waals surface area contributed by atoms with Crippen molar-refractivity contribution in [3.05, 3.63) is 46.8 Å². The fourth-order valence-electron chi connectivity index (χ4n) is 4.40. The maximum absolute atomic E-state index is 11.7. The van der Waals surface area contributed by atoms with Crippen molar-refractivity contribution in [2.45, 2.75) is 57.3 Å². The van der Waals surface area contributed by atoms with Crippen LogP contribution in [0.1, 0.15) is 39.3 Å². The van der Waals surface area contributed by atoms with Crippen LogP contribution in [-0.2, 0) is 9.47 Å². The maximum atomic E-state index is 11.7. The first-order valence-electron chi connectivity index (χ1n) is 10.6. The summed E-state index contributed by atoms with van der Waals surface area (Å²) in [6.07, 6.45) is -1.98. The van der Waals surface area contributed by atoms with Crippen molar-refractivity contribution < 1.29 is 28.5 Å². The summed E-state index contributed by atoms with van der Waals surface area (Å²) < 4.78 is 31.0. The van der Waals surface area contributed by atoms with E-state index in [0.717, 1.165) is 0 Å². The third-order valence-corrected chi connectivity index (χ3v) is 6.03. The summed E-state index contributed by atoms with van der Waals surface area (Å²) in [5.41, 5.74) is 6.91. The van der Waals surface area contributed by atoms with E-state index >= 15 is 0 Å². The Hall–Kier alpha value is -2.59. The van der Waals surface area contributed by atoms with Crippen LogP contribution in [0.15, 0.2) is 40.8 Å². The second kappa shape index (κ2) is 8.32. The number of oxazole rings is 1. The molecule has 1 aliphatic heterocycles.